The van der Waals surface area contributed by atoms with Gasteiger partial charge in [0.2, 0.25) is 5.91 Å². The molecule has 0 radical (unpaired) electrons. The Balaban J connectivity index is 1.89. The summed E-state index contributed by atoms with van der Waals surface area (Å²) in [4.78, 5) is 16.6. The monoisotopic (exact) mass is 260 g/mol. The molecule has 1 fully saturated rings. The van der Waals surface area contributed by atoms with Crippen LogP contribution in [0.15, 0.2) is 24.3 Å². The average Bonchev–Trinajstić information content (AvgIpc) is 2.37. The van der Waals surface area contributed by atoms with E-state index in [0.29, 0.717) is 18.4 Å². The Morgan fingerprint density at radius 2 is 2.05 bits per heavy atom. The van der Waals surface area contributed by atoms with Gasteiger partial charge in [-0.3, -0.25) is 4.79 Å². The fraction of sp³-hybridized carbons (Fsp3) is 0.562. The summed E-state index contributed by atoms with van der Waals surface area (Å²) < 4.78 is 0. The highest BCUT2D eigenvalue weighted by Gasteiger charge is 2.25. The van der Waals surface area contributed by atoms with E-state index in [2.05, 4.69) is 37.9 Å². The Kier molecular flexibility index (Phi) is 4.59. The molecule has 1 aliphatic heterocycles. The van der Waals surface area contributed by atoms with E-state index in [4.69, 9.17) is 0 Å². The fourth-order valence-corrected chi connectivity index (χ4v) is 2.79. The minimum absolute atomic E-state index is 0.295. The maximum atomic E-state index is 12.3. The van der Waals surface area contributed by atoms with E-state index in [-0.39, 0.29) is 0 Å². The zero-order valence-electron chi connectivity index (χ0n) is 12.2. The van der Waals surface area contributed by atoms with E-state index in [9.17, 15) is 4.79 Å². The molecule has 0 N–H and O–H groups in total. The maximum absolute atomic E-state index is 12.3. The third-order valence-electron chi connectivity index (χ3n) is 4.02. The van der Waals surface area contributed by atoms with Gasteiger partial charge in [-0.25, -0.2) is 0 Å². The highest BCUT2D eigenvalue weighted by Crippen LogP contribution is 2.13. The predicted molar refractivity (Wildman–Crippen MR) is 78.2 cm³/mol. The van der Waals surface area contributed by atoms with Crippen LogP contribution in [0.2, 0.25) is 0 Å². The molecule has 3 nitrogen and oxygen atoms in total. The van der Waals surface area contributed by atoms with Gasteiger partial charge in [-0.05, 0) is 38.4 Å². The van der Waals surface area contributed by atoms with Crippen LogP contribution in [-0.4, -0.2) is 48.4 Å². The summed E-state index contributed by atoms with van der Waals surface area (Å²) >= 11 is 0. The Hall–Kier alpha value is -1.35. The number of benzene rings is 1. The van der Waals surface area contributed by atoms with Crippen molar-refractivity contribution in [1.82, 2.24) is 9.80 Å². The van der Waals surface area contributed by atoms with Crippen LogP contribution < -0.4 is 0 Å². The lowest BCUT2D eigenvalue weighted by Crippen LogP contribution is -2.52. The summed E-state index contributed by atoms with van der Waals surface area (Å²) in [7, 11) is 2.12. The Labute approximate surface area is 116 Å². The van der Waals surface area contributed by atoms with Gasteiger partial charge in [0, 0.05) is 32.1 Å². The quantitative estimate of drug-likeness (QED) is 0.831. The molecule has 0 bridgehead atoms. The number of carbonyl (C=O) groups is 1. The Bertz CT molecular complexity index is 444. The molecule has 1 aliphatic rings. The lowest BCUT2D eigenvalue weighted by Gasteiger charge is -2.38. The van der Waals surface area contributed by atoms with Gasteiger partial charge in [-0.15, -0.1) is 0 Å². The predicted octanol–water partition coefficient (Wildman–Crippen LogP) is 2.09. The molecule has 1 saturated heterocycles. The van der Waals surface area contributed by atoms with Crippen LogP contribution in [0.1, 0.15) is 24.5 Å². The standard InChI is InChI=1S/C16H24N2O/c1-13-6-4-5-7-15(13)8-9-16(19)18-11-10-17(3)12-14(18)2/h4-7,14H,8-12H2,1-3H3. The van der Waals surface area contributed by atoms with Crippen molar-refractivity contribution in [2.24, 2.45) is 0 Å². The van der Waals surface area contributed by atoms with Gasteiger partial charge in [0.15, 0.2) is 0 Å². The first-order valence-electron chi connectivity index (χ1n) is 7.10. The lowest BCUT2D eigenvalue weighted by atomic mass is 10.0. The first kappa shape index (κ1) is 14.1. The summed E-state index contributed by atoms with van der Waals surface area (Å²) in [5, 5.41) is 0. The molecule has 2 rings (SSSR count). The van der Waals surface area contributed by atoms with Crippen LogP contribution in [0, 0.1) is 6.92 Å². The molecule has 1 aromatic carbocycles. The van der Waals surface area contributed by atoms with E-state index in [1.165, 1.54) is 11.1 Å². The number of carbonyl (C=O) groups excluding carboxylic acids is 1. The number of hydrogen-bond acceptors (Lipinski definition) is 2. The smallest absolute Gasteiger partial charge is 0.223 e. The van der Waals surface area contributed by atoms with Gasteiger partial charge < -0.3 is 9.80 Å². The van der Waals surface area contributed by atoms with Crippen LogP contribution in [0.5, 0.6) is 0 Å². The summed E-state index contributed by atoms with van der Waals surface area (Å²) in [6.07, 6.45) is 1.48. The van der Waals surface area contributed by atoms with Crippen LogP contribution in [0.25, 0.3) is 0 Å². The molecule has 3 heteroatoms. The van der Waals surface area contributed by atoms with E-state index in [0.717, 1.165) is 26.1 Å². The molecular formula is C16H24N2O. The third kappa shape index (κ3) is 3.57. The number of nitrogens with zero attached hydrogens (tertiary/aromatic N) is 2. The molecule has 0 saturated carbocycles. The number of hydrogen-bond donors (Lipinski definition) is 0. The number of aryl methyl sites for hydroxylation is 2. The number of rotatable bonds is 3. The van der Waals surface area contributed by atoms with Crippen molar-refractivity contribution in [3.05, 3.63) is 35.4 Å². The largest absolute Gasteiger partial charge is 0.337 e. The fourth-order valence-electron chi connectivity index (χ4n) is 2.79. The number of amides is 1. The molecule has 104 valence electrons. The average molecular weight is 260 g/mol. The molecule has 1 aromatic rings. The molecule has 1 unspecified atom stereocenters. The van der Waals surface area contributed by atoms with Gasteiger partial charge in [0.25, 0.3) is 0 Å². The second kappa shape index (κ2) is 6.20. The molecule has 0 spiro atoms. The first-order valence-corrected chi connectivity index (χ1v) is 7.10. The van der Waals surface area contributed by atoms with Gasteiger partial charge in [0.05, 0.1) is 0 Å². The minimum atomic E-state index is 0.295. The van der Waals surface area contributed by atoms with Crippen molar-refractivity contribution >= 4 is 5.91 Å². The topological polar surface area (TPSA) is 23.6 Å². The van der Waals surface area contributed by atoms with Gasteiger partial charge in [-0.2, -0.15) is 0 Å². The van der Waals surface area contributed by atoms with Gasteiger partial charge >= 0.3 is 0 Å². The molecule has 19 heavy (non-hydrogen) atoms. The second-order valence-electron chi connectivity index (χ2n) is 5.62. The lowest BCUT2D eigenvalue weighted by molar-refractivity contribution is -0.135. The molecule has 1 heterocycles. The van der Waals surface area contributed by atoms with Crippen molar-refractivity contribution < 1.29 is 4.79 Å². The molecule has 1 atom stereocenters. The maximum Gasteiger partial charge on any atom is 0.223 e. The summed E-state index contributed by atoms with van der Waals surface area (Å²) in [6, 6.07) is 8.66. The molecule has 0 aromatic heterocycles. The highest BCUT2D eigenvalue weighted by atomic mass is 16.2. The van der Waals surface area contributed by atoms with Crippen LogP contribution in [-0.2, 0) is 11.2 Å². The highest BCUT2D eigenvalue weighted by molar-refractivity contribution is 5.77. The Morgan fingerprint density at radius 3 is 2.74 bits per heavy atom. The second-order valence-corrected chi connectivity index (χ2v) is 5.62. The number of likely N-dealkylation sites (N-methyl/N-ethyl adjacent to an activating group) is 1. The third-order valence-corrected chi connectivity index (χ3v) is 4.02. The van der Waals surface area contributed by atoms with Crippen molar-refractivity contribution in [2.75, 3.05) is 26.7 Å². The molecular weight excluding hydrogens is 236 g/mol. The van der Waals surface area contributed by atoms with Gasteiger partial charge in [0.1, 0.15) is 0 Å². The first-order chi connectivity index (χ1) is 9.08. The number of piperazine rings is 1. The van der Waals surface area contributed by atoms with Crippen LogP contribution in [0.4, 0.5) is 0 Å². The van der Waals surface area contributed by atoms with E-state index in [1.807, 2.05) is 17.0 Å². The summed E-state index contributed by atoms with van der Waals surface area (Å²) in [5.74, 6) is 0.295. The molecule has 1 amide bonds. The van der Waals surface area contributed by atoms with Crippen LogP contribution in [0.3, 0.4) is 0 Å². The van der Waals surface area contributed by atoms with E-state index in [1.54, 1.807) is 0 Å². The summed E-state index contributed by atoms with van der Waals surface area (Å²) in [6.45, 7) is 7.08. The van der Waals surface area contributed by atoms with Crippen molar-refractivity contribution in [3.63, 3.8) is 0 Å². The SMILES string of the molecule is Cc1ccccc1CCC(=O)N1CCN(C)CC1C. The normalized spacial score (nSPS) is 20.6. The van der Waals surface area contributed by atoms with Crippen LogP contribution >= 0.6 is 0 Å². The Morgan fingerprint density at radius 1 is 1.32 bits per heavy atom. The molecule has 0 aliphatic carbocycles. The van der Waals surface area contributed by atoms with Crippen molar-refractivity contribution in [1.29, 1.82) is 0 Å². The van der Waals surface area contributed by atoms with Gasteiger partial charge in [-0.1, -0.05) is 24.3 Å². The zero-order valence-corrected chi connectivity index (χ0v) is 12.2. The van der Waals surface area contributed by atoms with E-state index < -0.39 is 0 Å². The zero-order chi connectivity index (χ0) is 13.8. The van der Waals surface area contributed by atoms with E-state index >= 15 is 0 Å². The van der Waals surface area contributed by atoms with Crippen molar-refractivity contribution in [2.45, 2.75) is 32.7 Å². The minimum Gasteiger partial charge on any atom is -0.337 e. The van der Waals surface area contributed by atoms with Crippen molar-refractivity contribution in [3.8, 4) is 0 Å². The summed E-state index contributed by atoms with van der Waals surface area (Å²) in [5.41, 5.74) is 2.57.